The van der Waals surface area contributed by atoms with Gasteiger partial charge in [0.2, 0.25) is 0 Å². The second-order valence-electron chi connectivity index (χ2n) is 10.5. The van der Waals surface area contributed by atoms with Gasteiger partial charge >= 0.3 is 27.2 Å². The third-order valence-electron chi connectivity index (χ3n) is 7.61. The third kappa shape index (κ3) is 7.71. The molecule has 3 atom stereocenters. The molecule has 6 nitrogen and oxygen atoms in total. The summed E-state index contributed by atoms with van der Waals surface area (Å²) in [5.41, 5.74) is 3.51. The summed E-state index contributed by atoms with van der Waals surface area (Å²) in [5, 5.41) is 8.96. The number of hydrogen-bond acceptors (Lipinski definition) is 6. The number of hydrogen-bond donors (Lipinski definition) is 1. The Morgan fingerprint density at radius 3 is 1.95 bits per heavy atom. The summed E-state index contributed by atoms with van der Waals surface area (Å²) in [4.78, 5) is 0. The molecule has 2 heterocycles. The fraction of sp³-hybridized carbons (Fsp3) is 0.167. The van der Waals surface area contributed by atoms with Gasteiger partial charge in [0.05, 0.1) is 12.7 Å². The molecular formula is C36H32FeO6S+2. The van der Waals surface area contributed by atoms with Gasteiger partial charge in [-0.3, -0.25) is 0 Å². The predicted octanol–water partition coefficient (Wildman–Crippen LogP) is 6.44. The van der Waals surface area contributed by atoms with Crippen LogP contribution in [0.2, 0.25) is 0 Å². The van der Waals surface area contributed by atoms with Gasteiger partial charge in [-0.1, -0.05) is 42.5 Å². The van der Waals surface area contributed by atoms with Crippen molar-refractivity contribution in [3.05, 3.63) is 154 Å². The van der Waals surface area contributed by atoms with E-state index >= 15 is 0 Å². The molecule has 224 valence electrons. The Balaban J connectivity index is 0.000000584. The van der Waals surface area contributed by atoms with Crippen LogP contribution in [0.3, 0.4) is 0 Å². The minimum atomic E-state index is -3.96. The van der Waals surface area contributed by atoms with Crippen LogP contribution in [0.1, 0.15) is 24.0 Å². The molecule has 2 aliphatic carbocycles. The molecule has 0 aromatic heterocycles. The van der Waals surface area contributed by atoms with Crippen molar-refractivity contribution in [2.75, 3.05) is 6.61 Å². The van der Waals surface area contributed by atoms with Crippen molar-refractivity contribution in [1.29, 1.82) is 0 Å². The van der Waals surface area contributed by atoms with Gasteiger partial charge in [0.25, 0.3) is 0 Å². The van der Waals surface area contributed by atoms with Crippen LogP contribution in [0, 0.1) is 63.7 Å². The zero-order chi connectivity index (χ0) is 29.6. The molecule has 3 fully saturated rings. The molecule has 2 aliphatic heterocycles. The first-order valence-corrected chi connectivity index (χ1v) is 15.7. The van der Waals surface area contributed by atoms with E-state index in [1.807, 2.05) is 81.3 Å². The second-order valence-corrected chi connectivity index (χ2v) is 12.2. The number of para-hydroxylation sites is 1. The van der Waals surface area contributed by atoms with E-state index in [0.717, 1.165) is 34.4 Å². The number of fused-ring (bicyclic) bond motifs is 2. The second kappa shape index (κ2) is 15.0. The minimum absolute atomic E-state index is 0. The smallest absolute Gasteiger partial charge is 0.508 e. The number of rotatable bonds is 9. The Morgan fingerprint density at radius 1 is 0.727 bits per heavy atom. The summed E-state index contributed by atoms with van der Waals surface area (Å²) in [7, 11) is -3.96. The third-order valence-corrected chi connectivity index (χ3v) is 9.21. The first-order valence-electron chi connectivity index (χ1n) is 14.3. The summed E-state index contributed by atoms with van der Waals surface area (Å²) >= 11 is 0. The van der Waals surface area contributed by atoms with Gasteiger partial charge in [-0.05, 0) is 129 Å². The number of benzene rings is 3. The number of ether oxygens (including phenoxy) is 2. The van der Waals surface area contributed by atoms with E-state index in [1.54, 1.807) is 42.5 Å². The molecule has 2 saturated carbocycles. The van der Waals surface area contributed by atoms with Crippen LogP contribution in [0.25, 0.3) is 11.1 Å². The quantitative estimate of drug-likeness (QED) is 0.213. The topological polar surface area (TPSA) is 82.1 Å². The van der Waals surface area contributed by atoms with Gasteiger partial charge in [-0.2, -0.15) is 8.42 Å². The number of phenolic OH excluding ortho intramolecular Hbond substituents is 1. The van der Waals surface area contributed by atoms with E-state index in [0.29, 0.717) is 13.0 Å². The molecule has 3 aromatic carbocycles. The van der Waals surface area contributed by atoms with Gasteiger partial charge in [-0.25, -0.2) is 0 Å². The summed E-state index contributed by atoms with van der Waals surface area (Å²) in [6, 6.07) is 23.1. The summed E-state index contributed by atoms with van der Waals surface area (Å²) in [6.07, 6.45) is 18.2. The average molecular weight is 649 g/mol. The predicted molar refractivity (Wildman–Crippen MR) is 166 cm³/mol. The minimum Gasteiger partial charge on any atom is -0.508 e. The molecule has 7 rings (SSSR count). The average Bonchev–Trinajstić information content (AvgIpc) is 3.85. The fourth-order valence-corrected chi connectivity index (χ4v) is 7.00. The van der Waals surface area contributed by atoms with Crippen LogP contribution in [0.5, 0.6) is 17.2 Å². The number of phenols is 1. The Bertz CT molecular complexity index is 1470. The molecule has 1 saturated heterocycles. The maximum absolute atomic E-state index is 13.3. The van der Waals surface area contributed by atoms with Crippen molar-refractivity contribution in [1.82, 2.24) is 0 Å². The van der Waals surface area contributed by atoms with E-state index in [4.69, 9.17) is 13.7 Å². The Kier molecular flexibility index (Phi) is 11.1. The van der Waals surface area contributed by atoms with Crippen molar-refractivity contribution in [2.45, 2.75) is 30.3 Å². The van der Waals surface area contributed by atoms with Gasteiger partial charge in [0, 0.05) is 6.42 Å². The molecule has 0 unspecified atom stereocenters. The summed E-state index contributed by atoms with van der Waals surface area (Å²) in [5.74, 6) is 2.42. The maximum Gasteiger partial charge on any atom is 2.00 e. The van der Waals surface area contributed by atoms with Gasteiger partial charge < -0.3 is 18.8 Å². The van der Waals surface area contributed by atoms with E-state index in [-0.39, 0.29) is 28.6 Å². The van der Waals surface area contributed by atoms with Crippen LogP contribution in [-0.4, -0.2) is 37.6 Å². The largest absolute Gasteiger partial charge is 2.00 e. The van der Waals surface area contributed by atoms with E-state index in [2.05, 4.69) is 12.8 Å². The van der Waals surface area contributed by atoms with E-state index < -0.39 is 27.6 Å². The zero-order valence-corrected chi connectivity index (χ0v) is 25.7. The molecule has 8 heteroatoms. The molecule has 1 N–H and O–H groups in total. The van der Waals surface area contributed by atoms with Crippen molar-refractivity contribution in [3.63, 3.8) is 0 Å². The van der Waals surface area contributed by atoms with Gasteiger partial charge in [-0.15, -0.1) is 0 Å². The van der Waals surface area contributed by atoms with Crippen molar-refractivity contribution >= 4 is 21.3 Å². The molecule has 10 radical (unpaired) electrons. The van der Waals surface area contributed by atoms with Crippen LogP contribution < -0.4 is 8.92 Å². The molecule has 4 aliphatic rings. The molecule has 3 aromatic rings. The Labute approximate surface area is 272 Å². The van der Waals surface area contributed by atoms with Gasteiger partial charge in [0.15, 0.2) is 0 Å². The fourth-order valence-electron chi connectivity index (χ4n) is 5.58. The van der Waals surface area contributed by atoms with E-state index in [1.165, 1.54) is 5.92 Å². The Hall–Kier alpha value is -2.77. The molecule has 44 heavy (non-hydrogen) atoms. The standard InChI is InChI=1S/C31H27O6S.C5H5.Fe/c32-24-14-10-22(11-15-24)29-27-20-28(38(33,34)37-26-8-2-1-3-9-26)31(36-27)30(29)23-12-16-25(17-13-23)35-19-18-21-6-4-5-7-21;1-2-4-5-3-1;/h1-17,27-28,31-32H,18-20H2;1-5H;/q;;+2/t27-,28+,31+;;/m1../s1. The van der Waals surface area contributed by atoms with Crippen molar-refractivity contribution < 1.29 is 44.2 Å². The molecular weight excluding hydrogens is 616 g/mol. The summed E-state index contributed by atoms with van der Waals surface area (Å²) < 4.78 is 44.4. The first kappa shape index (κ1) is 32.6. The van der Waals surface area contributed by atoms with Crippen LogP contribution in [-0.2, 0) is 31.9 Å². The monoisotopic (exact) mass is 648 g/mol. The van der Waals surface area contributed by atoms with Crippen LogP contribution >= 0.6 is 0 Å². The van der Waals surface area contributed by atoms with E-state index in [9.17, 15) is 13.5 Å². The summed E-state index contributed by atoms with van der Waals surface area (Å²) in [6.45, 7) is 0.565. The van der Waals surface area contributed by atoms with Gasteiger partial charge in [0.1, 0.15) is 28.6 Å². The molecule has 0 amide bonds. The Morgan fingerprint density at radius 2 is 1.32 bits per heavy atom. The number of aromatic hydroxyl groups is 1. The SMILES string of the molecule is O=S(=O)(Oc1ccccc1)[C@H]1C[C@H]2O[C@@H]1C(c1ccc(OCC[C]3[CH][CH][CH][CH]3)cc1)=C2c1ccc(O)cc1.[CH]1[CH][CH][CH][CH]1.[Fe+2]. The van der Waals surface area contributed by atoms with Crippen LogP contribution in [0.15, 0.2) is 78.9 Å². The normalized spacial score (nSPS) is 22.8. The molecule has 2 bridgehead atoms. The van der Waals surface area contributed by atoms with Crippen molar-refractivity contribution in [2.24, 2.45) is 0 Å². The van der Waals surface area contributed by atoms with Crippen molar-refractivity contribution in [3.8, 4) is 17.2 Å². The molecule has 0 spiro atoms. The maximum atomic E-state index is 13.3. The first-order chi connectivity index (χ1) is 21.0. The van der Waals surface area contributed by atoms with Crippen LogP contribution in [0.4, 0.5) is 0 Å². The zero-order valence-electron chi connectivity index (χ0n) is 23.8.